The van der Waals surface area contributed by atoms with Gasteiger partial charge in [0.2, 0.25) is 11.8 Å². The summed E-state index contributed by atoms with van der Waals surface area (Å²) >= 11 is 0. The van der Waals surface area contributed by atoms with Crippen molar-refractivity contribution in [3.05, 3.63) is 47.2 Å². The van der Waals surface area contributed by atoms with Gasteiger partial charge >= 0.3 is 0 Å². The maximum Gasteiger partial charge on any atom is 0.240 e. The lowest BCUT2D eigenvalue weighted by atomic mass is 10.2. The summed E-state index contributed by atoms with van der Waals surface area (Å²) in [6.07, 6.45) is 0. The highest BCUT2D eigenvalue weighted by Crippen LogP contribution is 2.28. The fraction of sp³-hybridized carbons (Fsp3) is 0.400. The second-order valence-electron chi connectivity index (χ2n) is 6.78. The average molecular weight is 385 g/mol. The number of aryl methyl sites for hydroxylation is 2. The Hall–Kier alpha value is -2.84. The lowest BCUT2D eigenvalue weighted by Gasteiger charge is -2.37. The predicted molar refractivity (Wildman–Crippen MR) is 108 cm³/mol. The van der Waals surface area contributed by atoms with E-state index in [1.54, 1.807) is 13.0 Å². The molecule has 0 unspecified atom stereocenters. The number of piperazine rings is 1. The first kappa shape index (κ1) is 19.9. The number of anilines is 1. The van der Waals surface area contributed by atoms with Crippen molar-refractivity contribution >= 4 is 17.3 Å². The Bertz CT molecular complexity index is 830. The van der Waals surface area contributed by atoms with Gasteiger partial charge in [-0.05, 0) is 32.0 Å². The molecule has 150 valence electrons. The smallest absolute Gasteiger partial charge is 0.240 e. The summed E-state index contributed by atoms with van der Waals surface area (Å²) in [5.41, 5.74) is 6.43. The van der Waals surface area contributed by atoms with Crippen LogP contribution in [-0.4, -0.2) is 59.4 Å². The van der Waals surface area contributed by atoms with Crippen LogP contribution < -0.4 is 15.1 Å². The fourth-order valence-electron chi connectivity index (χ4n) is 3.22. The number of aliphatic imine (C=N–C) groups is 1. The van der Waals surface area contributed by atoms with E-state index in [2.05, 4.69) is 51.5 Å². The molecule has 0 saturated carbocycles. The van der Waals surface area contributed by atoms with E-state index in [0.29, 0.717) is 41.9 Å². The molecule has 1 aromatic carbocycles. The van der Waals surface area contributed by atoms with Crippen LogP contribution in [0.4, 0.5) is 11.4 Å². The minimum absolute atomic E-state index is 0.136. The van der Waals surface area contributed by atoms with Gasteiger partial charge in [-0.25, -0.2) is 15.5 Å². The van der Waals surface area contributed by atoms with Gasteiger partial charge in [-0.2, -0.15) is 0 Å². The zero-order valence-electron chi connectivity index (χ0n) is 16.5. The number of guanidine groups is 1. The second kappa shape index (κ2) is 8.90. The fourth-order valence-corrected chi connectivity index (χ4v) is 3.22. The van der Waals surface area contributed by atoms with Gasteiger partial charge in [0.15, 0.2) is 0 Å². The summed E-state index contributed by atoms with van der Waals surface area (Å²) in [6.45, 7) is 6.78. The Morgan fingerprint density at radius 2 is 1.86 bits per heavy atom. The molecule has 8 heteroatoms. The second-order valence-corrected chi connectivity index (χ2v) is 6.78. The largest absolute Gasteiger partial charge is 0.479 e. The van der Waals surface area contributed by atoms with Crippen molar-refractivity contribution in [3.8, 4) is 5.88 Å². The van der Waals surface area contributed by atoms with Gasteiger partial charge in [0, 0.05) is 43.1 Å². The Morgan fingerprint density at radius 3 is 2.43 bits per heavy atom. The average Bonchev–Trinajstić information content (AvgIpc) is 2.73. The molecule has 8 nitrogen and oxygen atoms in total. The molecule has 2 heterocycles. The topological polar surface area (TPSA) is 93.4 Å². The van der Waals surface area contributed by atoms with E-state index in [9.17, 15) is 10.3 Å². The molecule has 2 aromatic rings. The van der Waals surface area contributed by atoms with Crippen LogP contribution in [0.15, 0.2) is 35.3 Å². The first-order valence-electron chi connectivity index (χ1n) is 9.26. The highest BCUT2D eigenvalue weighted by molar-refractivity contribution is 5.83. The zero-order chi connectivity index (χ0) is 20.1. The Labute approximate surface area is 165 Å². The molecule has 0 radical (unpaired) electrons. The van der Waals surface area contributed by atoms with Crippen molar-refractivity contribution in [2.24, 2.45) is 4.99 Å². The van der Waals surface area contributed by atoms with Gasteiger partial charge in [0.25, 0.3) is 0 Å². The number of hydrogen-bond acceptors (Lipinski definition) is 6. The van der Waals surface area contributed by atoms with Crippen LogP contribution in [-0.2, 0) is 6.61 Å². The molecule has 1 aromatic heterocycles. The number of aromatic nitrogens is 1. The van der Waals surface area contributed by atoms with Crippen LogP contribution in [0.5, 0.6) is 5.88 Å². The third-order valence-electron chi connectivity index (χ3n) is 4.93. The van der Waals surface area contributed by atoms with E-state index in [1.807, 2.05) is 4.90 Å². The van der Waals surface area contributed by atoms with Crippen LogP contribution in [0, 0.1) is 13.8 Å². The Balaban J connectivity index is 1.76. The lowest BCUT2D eigenvalue weighted by molar-refractivity contribution is 0.207. The number of nitrogens with zero attached hydrogens (tertiary/aromatic N) is 4. The summed E-state index contributed by atoms with van der Waals surface area (Å²) in [5.74, 6) is 0.678. The lowest BCUT2D eigenvalue weighted by Crippen LogP contribution is -2.52. The van der Waals surface area contributed by atoms with Crippen LogP contribution in [0.2, 0.25) is 0 Å². The Morgan fingerprint density at radius 1 is 1.18 bits per heavy atom. The van der Waals surface area contributed by atoms with E-state index in [-0.39, 0.29) is 6.61 Å². The molecule has 0 amide bonds. The molecule has 0 aliphatic carbocycles. The van der Waals surface area contributed by atoms with Crippen LogP contribution in [0.3, 0.4) is 0 Å². The molecule has 1 fully saturated rings. The van der Waals surface area contributed by atoms with Gasteiger partial charge in [-0.1, -0.05) is 17.7 Å². The monoisotopic (exact) mass is 385 g/mol. The molecule has 0 atom stereocenters. The van der Waals surface area contributed by atoms with Crippen molar-refractivity contribution in [2.45, 2.75) is 20.5 Å². The summed E-state index contributed by atoms with van der Waals surface area (Å²) < 4.78 is 5.31. The van der Waals surface area contributed by atoms with Crippen molar-refractivity contribution < 1.29 is 15.1 Å². The molecule has 3 N–H and O–H groups in total. The third-order valence-corrected chi connectivity index (χ3v) is 4.93. The van der Waals surface area contributed by atoms with Gasteiger partial charge in [-0.15, -0.1) is 0 Å². The maximum atomic E-state index is 9.65. The summed E-state index contributed by atoms with van der Waals surface area (Å²) in [6, 6.07) is 10.2. The third kappa shape index (κ3) is 4.35. The number of methoxy groups -OCH3 is 1. The first-order valence-corrected chi connectivity index (χ1v) is 9.26. The molecule has 1 aliphatic rings. The number of aliphatic hydroxyl groups excluding tert-OH is 1. The van der Waals surface area contributed by atoms with E-state index in [1.165, 1.54) is 18.4 Å². The van der Waals surface area contributed by atoms with Crippen molar-refractivity contribution in [1.29, 1.82) is 0 Å². The maximum absolute atomic E-state index is 9.65. The van der Waals surface area contributed by atoms with E-state index >= 15 is 0 Å². The molecular weight excluding hydrogens is 358 g/mol. The highest BCUT2D eigenvalue weighted by atomic mass is 16.5. The van der Waals surface area contributed by atoms with E-state index in [4.69, 9.17) is 4.74 Å². The molecule has 0 spiro atoms. The van der Waals surface area contributed by atoms with Crippen LogP contribution >= 0.6 is 0 Å². The standard InChI is InChI=1S/C20H27N5O3/c1-14-4-6-17(7-5-14)24-8-10-25(11-9-24)20(23-27)22-18-12-16(13-26)15(2)21-19(18)28-3/h4-7,12,26-27H,8-11,13H2,1-3H3,(H,22,23). The highest BCUT2D eigenvalue weighted by Gasteiger charge is 2.21. The molecule has 1 aliphatic heterocycles. The summed E-state index contributed by atoms with van der Waals surface area (Å²) in [4.78, 5) is 13.1. The van der Waals surface area contributed by atoms with Gasteiger partial charge < -0.3 is 19.6 Å². The van der Waals surface area contributed by atoms with Crippen LogP contribution in [0.25, 0.3) is 0 Å². The molecular formula is C20H27N5O3. The number of hydrogen-bond donors (Lipinski definition) is 3. The first-order chi connectivity index (χ1) is 13.5. The number of rotatable bonds is 4. The normalized spacial score (nSPS) is 15.0. The molecule has 1 saturated heterocycles. The van der Waals surface area contributed by atoms with Crippen molar-refractivity contribution in [3.63, 3.8) is 0 Å². The zero-order valence-corrected chi connectivity index (χ0v) is 16.5. The van der Waals surface area contributed by atoms with Crippen LogP contribution in [0.1, 0.15) is 16.8 Å². The quantitative estimate of drug-likeness (QED) is 0.421. The molecule has 0 bridgehead atoms. The minimum atomic E-state index is -0.136. The number of aliphatic hydroxyl groups is 1. The summed E-state index contributed by atoms with van der Waals surface area (Å²) in [7, 11) is 1.52. The van der Waals surface area contributed by atoms with Crippen molar-refractivity contribution in [2.75, 3.05) is 38.2 Å². The number of hydroxylamine groups is 1. The SMILES string of the molecule is COc1nc(C)c(CO)cc1N=C(NO)N1CCN(c2ccc(C)cc2)CC1. The number of pyridine rings is 1. The minimum Gasteiger partial charge on any atom is -0.479 e. The number of nitrogens with one attached hydrogen (secondary N) is 1. The molecule has 28 heavy (non-hydrogen) atoms. The van der Waals surface area contributed by atoms with Gasteiger partial charge in [0.1, 0.15) is 5.69 Å². The Kier molecular flexibility index (Phi) is 6.33. The van der Waals surface area contributed by atoms with Gasteiger partial charge in [-0.3, -0.25) is 5.21 Å². The number of ether oxygens (including phenoxy) is 1. The predicted octanol–water partition coefficient (Wildman–Crippen LogP) is 1.99. The van der Waals surface area contributed by atoms with E-state index in [0.717, 1.165) is 13.1 Å². The van der Waals surface area contributed by atoms with Crippen molar-refractivity contribution in [1.82, 2.24) is 15.4 Å². The molecule has 3 rings (SSSR count). The van der Waals surface area contributed by atoms with Gasteiger partial charge in [0.05, 0.1) is 13.7 Å². The summed E-state index contributed by atoms with van der Waals surface area (Å²) in [5, 5.41) is 19.1. The van der Waals surface area contributed by atoms with E-state index < -0.39 is 0 Å². The number of benzene rings is 1.